The van der Waals surface area contributed by atoms with Crippen molar-refractivity contribution in [2.24, 2.45) is 5.41 Å². The third-order valence-electron chi connectivity index (χ3n) is 5.82. The number of amides is 1. The molecule has 2 atom stereocenters. The number of benzene rings is 1. The van der Waals surface area contributed by atoms with Crippen LogP contribution in [0.1, 0.15) is 40.0 Å². The largest absolute Gasteiger partial charge is 0.508 e. The number of phenols is 1. The van der Waals surface area contributed by atoms with Crippen LogP contribution in [-0.2, 0) is 14.3 Å². The number of hydrogen-bond acceptors (Lipinski definition) is 7. The van der Waals surface area contributed by atoms with Crippen molar-refractivity contribution in [3.8, 4) is 5.75 Å². The van der Waals surface area contributed by atoms with E-state index in [1.807, 2.05) is 11.9 Å². The van der Waals surface area contributed by atoms with Crippen molar-refractivity contribution in [3.05, 3.63) is 29.3 Å². The van der Waals surface area contributed by atoms with Crippen LogP contribution in [0.25, 0.3) is 0 Å². The highest BCUT2D eigenvalue weighted by Crippen LogP contribution is 2.42. The molecule has 1 aromatic carbocycles. The number of phenolic OH excluding ortho intramolecular Hbond substituents is 1. The zero-order chi connectivity index (χ0) is 22.5. The third-order valence-corrected chi connectivity index (χ3v) is 5.82. The lowest BCUT2D eigenvalue weighted by atomic mass is 9.68. The van der Waals surface area contributed by atoms with Crippen molar-refractivity contribution in [2.45, 2.75) is 25.3 Å². The zero-order valence-corrected chi connectivity index (χ0v) is 16.9. The first-order valence-corrected chi connectivity index (χ1v) is 9.43. The van der Waals surface area contributed by atoms with Crippen LogP contribution in [0.15, 0.2) is 18.2 Å². The molecule has 0 aromatic heterocycles. The molecule has 0 unspecified atom stereocenters. The lowest BCUT2D eigenvalue weighted by Crippen LogP contribution is -2.63. The van der Waals surface area contributed by atoms with E-state index in [2.05, 4.69) is 4.74 Å². The molecule has 3 N–H and O–H groups in total. The maximum absolute atomic E-state index is 13.0. The van der Waals surface area contributed by atoms with E-state index >= 15 is 0 Å². The number of esters is 1. The molecule has 0 saturated carbocycles. The smallest absolute Gasteiger partial charge is 0.338 e. The van der Waals surface area contributed by atoms with Crippen LogP contribution < -0.4 is 0 Å². The molecule has 10 nitrogen and oxygen atoms in total. The second-order valence-corrected chi connectivity index (χ2v) is 7.43. The van der Waals surface area contributed by atoms with Gasteiger partial charge in [-0.3, -0.25) is 14.4 Å². The average Bonchev–Trinajstić information content (AvgIpc) is 2.72. The van der Waals surface area contributed by atoms with Gasteiger partial charge in [-0.15, -0.1) is 0 Å². The number of carbonyl (C=O) groups excluding carboxylic acids is 2. The molecule has 0 spiro atoms. The molecular formula is C20H26N2O8. The summed E-state index contributed by atoms with van der Waals surface area (Å²) in [6, 6.07) is 3.66. The van der Waals surface area contributed by atoms with Crippen LogP contribution in [-0.4, -0.2) is 89.3 Å². The average molecular weight is 422 g/mol. The monoisotopic (exact) mass is 422 g/mol. The molecule has 0 aliphatic carbocycles. The lowest BCUT2D eigenvalue weighted by Gasteiger charge is -2.51. The summed E-state index contributed by atoms with van der Waals surface area (Å²) in [4.78, 5) is 48.7. The number of aliphatic carboxylic acids is 1. The van der Waals surface area contributed by atoms with Crippen molar-refractivity contribution in [1.29, 1.82) is 0 Å². The fourth-order valence-corrected chi connectivity index (χ4v) is 4.32. The van der Waals surface area contributed by atoms with Crippen LogP contribution in [0.2, 0.25) is 0 Å². The number of likely N-dealkylation sites (N-methyl/N-ethyl adjacent to an activating group) is 1. The number of nitrogens with zero attached hydrogens (tertiary/aromatic N) is 2. The molecule has 10 heteroatoms. The highest BCUT2D eigenvalue weighted by atomic mass is 16.5. The van der Waals surface area contributed by atoms with E-state index in [9.17, 15) is 24.6 Å². The first-order valence-electron chi connectivity index (χ1n) is 9.43. The summed E-state index contributed by atoms with van der Waals surface area (Å²) < 4.78 is 4.65. The molecule has 3 rings (SSSR count). The predicted molar refractivity (Wildman–Crippen MR) is 104 cm³/mol. The van der Waals surface area contributed by atoms with E-state index in [0.717, 1.165) is 13.0 Å². The molecule has 1 aromatic rings. The van der Waals surface area contributed by atoms with Crippen molar-refractivity contribution < 1.29 is 39.2 Å². The molecular weight excluding hydrogens is 396 g/mol. The number of likely N-dealkylation sites (tertiary alicyclic amines) is 2. The number of ether oxygens (including phenoxy) is 1. The summed E-state index contributed by atoms with van der Waals surface area (Å²) in [6.07, 6.45) is 1.81. The lowest BCUT2D eigenvalue weighted by molar-refractivity contribution is -0.161. The van der Waals surface area contributed by atoms with Crippen molar-refractivity contribution in [1.82, 2.24) is 9.80 Å². The summed E-state index contributed by atoms with van der Waals surface area (Å²) in [6.45, 7) is 1.16. The summed E-state index contributed by atoms with van der Waals surface area (Å²) in [5.41, 5.74) is -0.566. The molecule has 2 fully saturated rings. The number of fused-ring (bicyclic) bond motifs is 1. The first-order chi connectivity index (χ1) is 14.2. The number of hydrogen-bond donors (Lipinski definition) is 3. The van der Waals surface area contributed by atoms with Crippen LogP contribution in [0.4, 0.5) is 0 Å². The summed E-state index contributed by atoms with van der Waals surface area (Å²) >= 11 is 0. The molecule has 0 radical (unpaired) electrons. The topological polar surface area (TPSA) is 145 Å². The highest BCUT2D eigenvalue weighted by Gasteiger charge is 2.52. The van der Waals surface area contributed by atoms with Gasteiger partial charge in [0, 0.05) is 24.7 Å². The maximum atomic E-state index is 13.0. The minimum absolute atomic E-state index is 0.0903. The fourth-order valence-electron chi connectivity index (χ4n) is 4.32. The number of rotatable bonds is 3. The van der Waals surface area contributed by atoms with E-state index in [-0.39, 0.29) is 35.3 Å². The quantitative estimate of drug-likeness (QED) is 0.477. The Morgan fingerprint density at radius 1 is 1.17 bits per heavy atom. The molecule has 2 aliphatic rings. The zero-order valence-electron chi connectivity index (χ0n) is 16.9. The molecule has 164 valence electrons. The normalized spacial score (nSPS) is 23.4. The van der Waals surface area contributed by atoms with Crippen molar-refractivity contribution >= 4 is 24.3 Å². The van der Waals surface area contributed by atoms with Gasteiger partial charge in [-0.25, -0.2) is 4.79 Å². The summed E-state index contributed by atoms with van der Waals surface area (Å²) in [5, 5.41) is 26.6. The van der Waals surface area contributed by atoms with Gasteiger partial charge in [0.25, 0.3) is 12.4 Å². The van der Waals surface area contributed by atoms with E-state index in [0.29, 0.717) is 25.9 Å². The Kier molecular flexibility index (Phi) is 7.38. The number of carbonyl (C=O) groups is 4. The van der Waals surface area contributed by atoms with Gasteiger partial charge in [-0.05, 0) is 51.1 Å². The van der Waals surface area contributed by atoms with Crippen LogP contribution in [0, 0.1) is 5.41 Å². The molecule has 2 saturated heterocycles. The number of aromatic hydroxyl groups is 1. The van der Waals surface area contributed by atoms with Crippen LogP contribution >= 0.6 is 0 Å². The minimum atomic E-state index is -0.834. The Balaban J connectivity index is 0.00000101. The molecule has 2 heterocycles. The van der Waals surface area contributed by atoms with Crippen LogP contribution in [0.5, 0.6) is 5.75 Å². The molecule has 30 heavy (non-hydrogen) atoms. The van der Waals surface area contributed by atoms with Crippen molar-refractivity contribution in [2.75, 3.05) is 33.8 Å². The fraction of sp³-hybridized carbons (Fsp3) is 0.500. The molecule has 1 amide bonds. The predicted octanol–water partition coefficient (Wildman–Crippen LogP) is 0.891. The van der Waals surface area contributed by atoms with Gasteiger partial charge >= 0.3 is 11.9 Å². The maximum Gasteiger partial charge on any atom is 0.338 e. The van der Waals surface area contributed by atoms with E-state index in [4.69, 9.17) is 9.90 Å². The number of carboxylic acids is 1. The number of carboxylic acid groups (broad SMARTS) is 2. The van der Waals surface area contributed by atoms with Gasteiger partial charge in [-0.1, -0.05) is 0 Å². The first kappa shape index (κ1) is 23.1. The van der Waals surface area contributed by atoms with Crippen molar-refractivity contribution in [3.63, 3.8) is 0 Å². The second-order valence-electron chi connectivity index (χ2n) is 7.43. The number of methoxy groups -OCH3 is 1. The van der Waals surface area contributed by atoms with E-state index in [1.54, 1.807) is 4.90 Å². The van der Waals surface area contributed by atoms with Gasteiger partial charge in [0.05, 0.1) is 18.1 Å². The van der Waals surface area contributed by atoms with E-state index in [1.165, 1.54) is 25.3 Å². The summed E-state index contributed by atoms with van der Waals surface area (Å²) in [5.74, 6) is -1.99. The summed E-state index contributed by atoms with van der Waals surface area (Å²) in [7, 11) is 3.11. The van der Waals surface area contributed by atoms with Gasteiger partial charge in [0.15, 0.2) is 0 Å². The van der Waals surface area contributed by atoms with Gasteiger partial charge in [0.1, 0.15) is 5.75 Å². The van der Waals surface area contributed by atoms with E-state index < -0.39 is 17.4 Å². The second kappa shape index (κ2) is 9.57. The van der Waals surface area contributed by atoms with Gasteiger partial charge in [-0.2, -0.15) is 0 Å². The standard InChI is InChI=1S/C19H24N2O6.CH2O2/c1-20-6-3-4-19(18(25)26)5-7-21(11-15(19)20)16(23)12-8-13(17(24)27-2)10-14(22)9-12;2-1-3/h8-10,15,22H,3-7,11H2,1-2H3,(H,25,26);1H,(H,2,3)/t15-,19+;/m1./s1. The Morgan fingerprint density at radius 3 is 2.40 bits per heavy atom. The Bertz CT molecular complexity index is 827. The third kappa shape index (κ3) is 4.54. The van der Waals surface area contributed by atoms with Gasteiger partial charge in [0.2, 0.25) is 0 Å². The van der Waals surface area contributed by atoms with Gasteiger partial charge < -0.3 is 29.9 Å². The number of piperidine rings is 2. The van der Waals surface area contributed by atoms with Crippen LogP contribution in [0.3, 0.4) is 0 Å². The Hall–Kier alpha value is -3.14. The SMILES string of the molecule is COC(=O)c1cc(O)cc(C(=O)N2CC[C@@]3(C(=O)O)CCCN(C)[C@@H]3C2)c1.O=CO. The Labute approximate surface area is 173 Å². The molecule has 0 bridgehead atoms. The molecule has 2 aliphatic heterocycles. The Morgan fingerprint density at radius 2 is 1.80 bits per heavy atom. The highest BCUT2D eigenvalue weighted by molar-refractivity contribution is 5.98. The minimum Gasteiger partial charge on any atom is -0.508 e.